The Morgan fingerprint density at radius 1 is 1.50 bits per heavy atom. The first-order valence-corrected chi connectivity index (χ1v) is 6.59. The molecule has 110 valence electrons. The van der Waals surface area contributed by atoms with E-state index in [1.54, 1.807) is 6.92 Å². The van der Waals surface area contributed by atoms with E-state index in [1.165, 1.54) is 12.1 Å². The highest BCUT2D eigenvalue weighted by molar-refractivity contribution is 5.59. The summed E-state index contributed by atoms with van der Waals surface area (Å²) in [6, 6.07) is 3.84. The second kappa shape index (κ2) is 5.87. The normalized spacial score (nSPS) is 19.1. The van der Waals surface area contributed by atoms with Crippen molar-refractivity contribution in [3.8, 4) is 0 Å². The molecule has 0 spiro atoms. The largest absolute Gasteiger partial charge is 0.494 e. The fraction of sp³-hybridized carbons (Fsp3) is 0.467. The van der Waals surface area contributed by atoms with Crippen molar-refractivity contribution in [2.45, 2.75) is 31.8 Å². The van der Waals surface area contributed by atoms with Crippen LogP contribution in [0.3, 0.4) is 0 Å². The van der Waals surface area contributed by atoms with Crippen LogP contribution in [0.2, 0.25) is 0 Å². The Labute approximate surface area is 116 Å². The van der Waals surface area contributed by atoms with Gasteiger partial charge in [0.1, 0.15) is 17.7 Å². The van der Waals surface area contributed by atoms with E-state index in [2.05, 4.69) is 6.58 Å². The van der Waals surface area contributed by atoms with E-state index in [4.69, 9.17) is 9.47 Å². The van der Waals surface area contributed by atoms with Gasteiger partial charge >= 0.3 is 5.92 Å². The molecule has 0 aliphatic carbocycles. The van der Waals surface area contributed by atoms with Gasteiger partial charge in [-0.3, -0.25) is 0 Å². The summed E-state index contributed by atoms with van der Waals surface area (Å²) in [6.07, 6.45) is -0.483. The molecule has 2 rings (SSSR count). The predicted octanol–water partition coefficient (Wildman–Crippen LogP) is 4.10. The number of halogens is 3. The van der Waals surface area contributed by atoms with Crippen molar-refractivity contribution >= 4 is 5.76 Å². The Bertz CT molecular complexity index is 494. The second-order valence-electron chi connectivity index (χ2n) is 4.65. The summed E-state index contributed by atoms with van der Waals surface area (Å²) in [4.78, 5) is 0. The molecule has 5 heteroatoms. The molecule has 0 bridgehead atoms. The van der Waals surface area contributed by atoms with Crippen LogP contribution in [0.25, 0.3) is 5.76 Å². The van der Waals surface area contributed by atoms with Crippen LogP contribution >= 0.6 is 0 Å². The highest BCUT2D eigenvalue weighted by Gasteiger charge is 2.46. The van der Waals surface area contributed by atoms with Crippen LogP contribution in [-0.2, 0) is 15.4 Å². The molecule has 20 heavy (non-hydrogen) atoms. The Morgan fingerprint density at radius 2 is 2.25 bits per heavy atom. The van der Waals surface area contributed by atoms with E-state index in [0.29, 0.717) is 13.0 Å². The van der Waals surface area contributed by atoms with Crippen LogP contribution in [0.4, 0.5) is 13.2 Å². The lowest BCUT2D eigenvalue weighted by Crippen LogP contribution is -2.31. The monoisotopic (exact) mass is 286 g/mol. The first kappa shape index (κ1) is 14.9. The van der Waals surface area contributed by atoms with Gasteiger partial charge in [0.2, 0.25) is 0 Å². The van der Waals surface area contributed by atoms with E-state index in [1.807, 2.05) is 0 Å². The first-order chi connectivity index (χ1) is 9.48. The number of benzene rings is 1. The van der Waals surface area contributed by atoms with Crippen molar-refractivity contribution in [2.24, 2.45) is 0 Å². The summed E-state index contributed by atoms with van der Waals surface area (Å²) < 4.78 is 53.0. The zero-order valence-corrected chi connectivity index (χ0v) is 11.3. The maximum absolute atomic E-state index is 14.3. The fourth-order valence-corrected chi connectivity index (χ4v) is 2.29. The average molecular weight is 286 g/mol. The standard InChI is InChI=1S/C15H17F3O2/c1-3-19-10(2)11-6-4-7-12(14(11)16)15(17,18)13-8-5-9-20-13/h4,6-7,13H,2-3,5,8-9H2,1H3. The molecule has 1 heterocycles. The maximum atomic E-state index is 14.3. The van der Waals surface area contributed by atoms with Crippen LogP contribution in [0, 0.1) is 5.82 Å². The third kappa shape index (κ3) is 2.68. The Morgan fingerprint density at radius 3 is 2.85 bits per heavy atom. The van der Waals surface area contributed by atoms with Crippen molar-refractivity contribution < 1.29 is 22.6 Å². The Hall–Kier alpha value is -1.49. The van der Waals surface area contributed by atoms with Crippen LogP contribution in [0.1, 0.15) is 30.9 Å². The average Bonchev–Trinajstić information content (AvgIpc) is 2.93. The highest BCUT2D eigenvalue weighted by Crippen LogP contribution is 2.40. The summed E-state index contributed by atoms with van der Waals surface area (Å²) in [5.41, 5.74) is -0.704. The molecule has 0 aromatic heterocycles. The zero-order valence-electron chi connectivity index (χ0n) is 11.3. The molecule has 1 atom stereocenters. The lowest BCUT2D eigenvalue weighted by atomic mass is 9.98. The third-order valence-electron chi connectivity index (χ3n) is 3.31. The maximum Gasteiger partial charge on any atom is 0.301 e. The minimum atomic E-state index is -3.36. The van der Waals surface area contributed by atoms with Crippen molar-refractivity contribution in [2.75, 3.05) is 13.2 Å². The van der Waals surface area contributed by atoms with Crippen LogP contribution in [0.15, 0.2) is 24.8 Å². The molecular formula is C15H17F3O2. The van der Waals surface area contributed by atoms with Gasteiger partial charge in [0, 0.05) is 6.61 Å². The van der Waals surface area contributed by atoms with Crippen LogP contribution in [0.5, 0.6) is 0 Å². The van der Waals surface area contributed by atoms with Gasteiger partial charge in [0.25, 0.3) is 0 Å². The molecule has 1 aliphatic rings. The number of alkyl halides is 2. The summed E-state index contributed by atoms with van der Waals surface area (Å²) in [5, 5.41) is 0. The summed E-state index contributed by atoms with van der Waals surface area (Å²) in [6.45, 7) is 5.86. The van der Waals surface area contributed by atoms with Gasteiger partial charge in [-0.2, -0.15) is 8.78 Å². The molecule has 0 N–H and O–H groups in total. The molecule has 0 saturated carbocycles. The smallest absolute Gasteiger partial charge is 0.301 e. The number of rotatable bonds is 5. The molecular weight excluding hydrogens is 269 g/mol. The van der Waals surface area contributed by atoms with E-state index < -0.39 is 23.4 Å². The number of hydrogen-bond donors (Lipinski definition) is 0. The van der Waals surface area contributed by atoms with Crippen molar-refractivity contribution in [3.05, 3.63) is 41.7 Å². The molecule has 0 amide bonds. The Balaban J connectivity index is 2.37. The SMILES string of the molecule is C=C(OCC)c1cccc(C(F)(F)C2CCCO2)c1F. The van der Waals surface area contributed by atoms with Gasteiger partial charge in [0.05, 0.1) is 17.7 Å². The van der Waals surface area contributed by atoms with Crippen molar-refractivity contribution in [3.63, 3.8) is 0 Å². The topological polar surface area (TPSA) is 18.5 Å². The molecule has 1 saturated heterocycles. The van der Waals surface area contributed by atoms with Gasteiger partial charge < -0.3 is 9.47 Å². The van der Waals surface area contributed by atoms with E-state index in [-0.39, 0.29) is 24.4 Å². The number of hydrogen-bond acceptors (Lipinski definition) is 2. The lowest BCUT2D eigenvalue weighted by Gasteiger charge is -2.24. The van der Waals surface area contributed by atoms with Crippen LogP contribution in [-0.4, -0.2) is 19.3 Å². The van der Waals surface area contributed by atoms with Crippen LogP contribution < -0.4 is 0 Å². The van der Waals surface area contributed by atoms with Gasteiger partial charge in [-0.15, -0.1) is 0 Å². The summed E-state index contributed by atoms with van der Waals surface area (Å²) in [7, 11) is 0. The second-order valence-corrected chi connectivity index (χ2v) is 4.65. The van der Waals surface area contributed by atoms with Gasteiger partial charge in [-0.05, 0) is 31.9 Å². The minimum absolute atomic E-state index is 0.0398. The van der Waals surface area contributed by atoms with E-state index in [0.717, 1.165) is 6.07 Å². The third-order valence-corrected chi connectivity index (χ3v) is 3.31. The van der Waals surface area contributed by atoms with E-state index >= 15 is 0 Å². The van der Waals surface area contributed by atoms with Gasteiger partial charge in [0.15, 0.2) is 0 Å². The predicted molar refractivity (Wildman–Crippen MR) is 69.9 cm³/mol. The first-order valence-electron chi connectivity index (χ1n) is 6.59. The minimum Gasteiger partial charge on any atom is -0.494 e. The zero-order chi connectivity index (χ0) is 14.8. The van der Waals surface area contributed by atoms with Gasteiger partial charge in [-0.1, -0.05) is 12.6 Å². The highest BCUT2D eigenvalue weighted by atomic mass is 19.3. The molecule has 1 unspecified atom stereocenters. The quantitative estimate of drug-likeness (QED) is 0.759. The lowest BCUT2D eigenvalue weighted by molar-refractivity contribution is -0.124. The molecule has 2 nitrogen and oxygen atoms in total. The summed E-state index contributed by atoms with van der Waals surface area (Å²) >= 11 is 0. The molecule has 1 aromatic carbocycles. The Kier molecular flexibility index (Phi) is 4.38. The van der Waals surface area contributed by atoms with Crippen molar-refractivity contribution in [1.29, 1.82) is 0 Å². The fourth-order valence-electron chi connectivity index (χ4n) is 2.29. The molecule has 1 aromatic rings. The molecule has 1 fully saturated rings. The number of ether oxygens (including phenoxy) is 2. The van der Waals surface area contributed by atoms with E-state index in [9.17, 15) is 13.2 Å². The summed E-state index contributed by atoms with van der Waals surface area (Å²) in [5.74, 6) is -4.30. The molecule has 0 radical (unpaired) electrons. The molecule has 1 aliphatic heterocycles. The van der Waals surface area contributed by atoms with Crippen molar-refractivity contribution in [1.82, 2.24) is 0 Å². The van der Waals surface area contributed by atoms with Gasteiger partial charge in [-0.25, -0.2) is 4.39 Å².